The number of aromatic nitrogens is 2. The number of nitrogen functional groups attached to an aromatic ring is 1. The lowest BCUT2D eigenvalue weighted by atomic mass is 10.2. The van der Waals surface area contributed by atoms with Crippen molar-refractivity contribution < 1.29 is 13.5 Å². The normalized spacial score (nSPS) is 11.1. The first-order valence-corrected chi connectivity index (χ1v) is 9.17. The van der Waals surface area contributed by atoms with Gasteiger partial charge in [0, 0.05) is 17.8 Å². The van der Waals surface area contributed by atoms with E-state index in [0.29, 0.717) is 11.0 Å². The molecule has 0 atom stereocenters. The van der Waals surface area contributed by atoms with Gasteiger partial charge in [-0.25, -0.2) is 14.4 Å². The fraction of sp³-hybridized carbons (Fsp3) is 0. The number of nitrogens with two attached hydrogens (primary N) is 1. The Kier molecular flexibility index (Phi) is 4.51. The van der Waals surface area contributed by atoms with Gasteiger partial charge in [-0.3, -0.25) is 0 Å². The molecule has 9 heteroatoms. The quantitative estimate of drug-likeness (QED) is 0.321. The maximum absolute atomic E-state index is 13.8. The summed E-state index contributed by atoms with van der Waals surface area (Å²) in [6.07, 6.45) is 4.81. The number of furan rings is 1. The number of hydrogen-bond acceptors (Lipinski definition) is 6. The van der Waals surface area contributed by atoms with Gasteiger partial charge in [-0.2, -0.15) is 0 Å². The molecule has 136 valence electrons. The molecular weight excluding hydrogens is 412 g/mol. The summed E-state index contributed by atoms with van der Waals surface area (Å²) in [5.41, 5.74) is 7.20. The second kappa shape index (κ2) is 6.84. The minimum atomic E-state index is -0.644. The number of nitrogens with zero attached hydrogens (tertiary/aromatic N) is 2. The van der Waals surface area contributed by atoms with Crippen LogP contribution in [0, 0.1) is 5.82 Å². The second-order valence-corrected chi connectivity index (χ2v) is 7.13. The average Bonchev–Trinajstić information content (AvgIpc) is 3.30. The van der Waals surface area contributed by atoms with E-state index in [9.17, 15) is 4.39 Å². The Morgan fingerprint density at radius 2 is 2.11 bits per heavy atom. The second-order valence-electron chi connectivity index (χ2n) is 5.45. The zero-order chi connectivity index (χ0) is 19.1. The minimum Gasteiger partial charge on any atom is -0.459 e. The van der Waals surface area contributed by atoms with E-state index in [-0.39, 0.29) is 32.9 Å². The van der Waals surface area contributed by atoms with Gasteiger partial charge in [0.15, 0.2) is 11.4 Å². The summed E-state index contributed by atoms with van der Waals surface area (Å²) in [5, 5.41) is 3.27. The summed E-state index contributed by atoms with van der Waals surface area (Å²) in [6.45, 7) is 3.79. The van der Waals surface area contributed by atoms with Gasteiger partial charge in [-0.15, -0.1) is 11.3 Å². The Hall–Kier alpha value is -2.61. The first-order valence-electron chi connectivity index (χ1n) is 7.53. The number of halogens is 3. The zero-order valence-corrected chi connectivity index (χ0v) is 15.8. The highest BCUT2D eigenvalue weighted by Crippen LogP contribution is 2.41. The van der Waals surface area contributed by atoms with Crippen molar-refractivity contribution in [2.45, 2.75) is 0 Å². The van der Waals surface area contributed by atoms with Gasteiger partial charge in [-0.05, 0) is 12.1 Å². The Labute approximate surface area is 166 Å². The number of benzene rings is 1. The van der Waals surface area contributed by atoms with E-state index in [4.69, 9.17) is 38.1 Å². The summed E-state index contributed by atoms with van der Waals surface area (Å²) in [5.74, 6) is -0.420. The van der Waals surface area contributed by atoms with Crippen LogP contribution in [0.2, 0.25) is 10.0 Å². The third-order valence-electron chi connectivity index (χ3n) is 3.81. The van der Waals surface area contributed by atoms with Crippen LogP contribution < -0.4 is 10.5 Å². The fourth-order valence-corrected chi connectivity index (χ4v) is 3.80. The van der Waals surface area contributed by atoms with Gasteiger partial charge >= 0.3 is 0 Å². The van der Waals surface area contributed by atoms with E-state index in [1.807, 2.05) is 5.38 Å². The third kappa shape index (κ3) is 3.03. The Balaban J connectivity index is 1.80. The molecule has 0 aliphatic heterocycles. The van der Waals surface area contributed by atoms with Gasteiger partial charge in [0.25, 0.3) is 0 Å². The van der Waals surface area contributed by atoms with Crippen molar-refractivity contribution in [3.05, 3.63) is 64.2 Å². The van der Waals surface area contributed by atoms with Crippen molar-refractivity contribution in [1.82, 2.24) is 9.97 Å². The van der Waals surface area contributed by atoms with Crippen LogP contribution in [0.1, 0.15) is 5.56 Å². The number of fused-ring (bicyclic) bond motifs is 1. The van der Waals surface area contributed by atoms with Gasteiger partial charge in [0.2, 0.25) is 5.75 Å². The van der Waals surface area contributed by atoms with Crippen LogP contribution in [-0.2, 0) is 0 Å². The Morgan fingerprint density at radius 3 is 2.85 bits per heavy atom. The molecule has 3 aromatic heterocycles. The molecule has 0 bridgehead atoms. The number of rotatable bonds is 4. The van der Waals surface area contributed by atoms with E-state index in [0.717, 1.165) is 16.6 Å². The lowest BCUT2D eigenvalue weighted by Crippen LogP contribution is -2.01. The standard InChI is InChI=1S/C18H10Cl2FN3O2S/c1-8(13-11(19)2-3-12(21)14(13)20)26-16-15-9(6-24-17(16)22)10(7-25-15)18-23-4-5-27-18/h2-7H,1H2,(H2,22,24). The molecule has 5 nitrogen and oxygen atoms in total. The molecule has 4 rings (SSSR count). The molecule has 0 aliphatic carbocycles. The summed E-state index contributed by atoms with van der Waals surface area (Å²) in [6, 6.07) is 2.52. The molecule has 0 unspecified atom stereocenters. The number of thiazole rings is 1. The number of ether oxygens (including phenoxy) is 1. The molecule has 0 saturated carbocycles. The van der Waals surface area contributed by atoms with Crippen LogP contribution in [0.3, 0.4) is 0 Å². The minimum absolute atomic E-state index is 0.0118. The van der Waals surface area contributed by atoms with E-state index in [2.05, 4.69) is 16.5 Å². The molecule has 0 spiro atoms. The molecule has 0 radical (unpaired) electrons. The van der Waals surface area contributed by atoms with E-state index in [1.54, 1.807) is 18.7 Å². The topological polar surface area (TPSA) is 74.2 Å². The molecule has 27 heavy (non-hydrogen) atoms. The van der Waals surface area contributed by atoms with Crippen LogP contribution in [0.15, 0.2) is 47.2 Å². The predicted octanol–water partition coefficient (Wildman–Crippen LogP) is 6.03. The smallest absolute Gasteiger partial charge is 0.212 e. The third-order valence-corrected chi connectivity index (χ3v) is 5.30. The van der Waals surface area contributed by atoms with Crippen LogP contribution in [0.25, 0.3) is 27.3 Å². The maximum atomic E-state index is 13.8. The van der Waals surface area contributed by atoms with Crippen LogP contribution in [-0.4, -0.2) is 9.97 Å². The largest absolute Gasteiger partial charge is 0.459 e. The van der Waals surface area contributed by atoms with Crippen molar-refractivity contribution in [3.8, 4) is 16.3 Å². The molecule has 0 aliphatic rings. The lowest BCUT2D eigenvalue weighted by Gasteiger charge is -2.13. The summed E-state index contributed by atoms with van der Waals surface area (Å²) in [4.78, 5) is 8.41. The maximum Gasteiger partial charge on any atom is 0.212 e. The fourth-order valence-electron chi connectivity index (χ4n) is 2.56. The molecule has 0 fully saturated rings. The van der Waals surface area contributed by atoms with E-state index >= 15 is 0 Å². The number of anilines is 1. The Bertz CT molecular complexity index is 1180. The SMILES string of the molecule is C=C(Oc1c(N)ncc2c(-c3nccs3)coc12)c1c(Cl)ccc(F)c1Cl. The van der Waals surface area contributed by atoms with Gasteiger partial charge in [0.05, 0.1) is 26.6 Å². The Morgan fingerprint density at radius 1 is 1.30 bits per heavy atom. The van der Waals surface area contributed by atoms with Crippen LogP contribution in [0.5, 0.6) is 5.75 Å². The zero-order valence-electron chi connectivity index (χ0n) is 13.5. The number of hydrogen-bond donors (Lipinski definition) is 1. The first-order chi connectivity index (χ1) is 13.0. The van der Waals surface area contributed by atoms with Crippen LogP contribution in [0.4, 0.5) is 10.2 Å². The molecule has 3 heterocycles. The van der Waals surface area contributed by atoms with Gasteiger partial charge in [0.1, 0.15) is 22.8 Å². The highest BCUT2D eigenvalue weighted by molar-refractivity contribution is 7.13. The number of pyridine rings is 1. The molecular formula is C18H10Cl2FN3O2S. The highest BCUT2D eigenvalue weighted by Gasteiger charge is 2.21. The van der Waals surface area contributed by atoms with Crippen molar-refractivity contribution in [2.75, 3.05) is 5.73 Å². The van der Waals surface area contributed by atoms with Crippen molar-refractivity contribution in [1.29, 1.82) is 0 Å². The molecule has 4 aromatic rings. The molecule has 0 saturated heterocycles. The highest BCUT2D eigenvalue weighted by atomic mass is 35.5. The first kappa shape index (κ1) is 17.8. The molecule has 0 amide bonds. The average molecular weight is 422 g/mol. The monoisotopic (exact) mass is 421 g/mol. The van der Waals surface area contributed by atoms with Gasteiger partial charge < -0.3 is 14.9 Å². The summed E-state index contributed by atoms with van der Waals surface area (Å²) in [7, 11) is 0. The van der Waals surface area contributed by atoms with E-state index < -0.39 is 5.82 Å². The molecule has 2 N–H and O–H groups in total. The predicted molar refractivity (Wildman–Crippen MR) is 106 cm³/mol. The van der Waals surface area contributed by atoms with Crippen LogP contribution >= 0.6 is 34.5 Å². The van der Waals surface area contributed by atoms with Crippen molar-refractivity contribution >= 4 is 57.1 Å². The van der Waals surface area contributed by atoms with E-state index in [1.165, 1.54) is 17.4 Å². The molecule has 1 aromatic carbocycles. The van der Waals surface area contributed by atoms with Crippen molar-refractivity contribution in [2.24, 2.45) is 0 Å². The lowest BCUT2D eigenvalue weighted by molar-refractivity contribution is 0.501. The summed E-state index contributed by atoms with van der Waals surface area (Å²) < 4.78 is 25.2. The van der Waals surface area contributed by atoms with Crippen molar-refractivity contribution in [3.63, 3.8) is 0 Å². The summed E-state index contributed by atoms with van der Waals surface area (Å²) >= 11 is 13.6. The van der Waals surface area contributed by atoms with Gasteiger partial charge in [-0.1, -0.05) is 29.8 Å².